The Labute approximate surface area is 315 Å². The Morgan fingerprint density at radius 1 is 0.569 bits per heavy atom. The lowest BCUT2D eigenvalue weighted by Gasteiger charge is -2.19. The molecule has 0 aliphatic rings. The van der Waals surface area contributed by atoms with Crippen molar-refractivity contribution < 1.29 is 23.8 Å². The number of nitrogens with zero attached hydrogens (tertiary/aromatic N) is 1. The van der Waals surface area contributed by atoms with Gasteiger partial charge < -0.3 is 24.4 Å². The molecule has 7 heteroatoms. The minimum Gasteiger partial charge on any atom is -0.463 e. The van der Waals surface area contributed by atoms with Crippen LogP contribution < -0.4 is 5.32 Å². The highest BCUT2D eigenvalue weighted by atomic mass is 16.6. The summed E-state index contributed by atoms with van der Waals surface area (Å²) in [5.41, 5.74) is 0. The van der Waals surface area contributed by atoms with Crippen molar-refractivity contribution in [1.82, 2.24) is 10.2 Å². The molecule has 0 aromatic heterocycles. The third-order valence-corrected chi connectivity index (χ3v) is 8.69. The van der Waals surface area contributed by atoms with Crippen LogP contribution >= 0.6 is 0 Å². The van der Waals surface area contributed by atoms with Crippen LogP contribution in [0.1, 0.15) is 168 Å². The number of unbranched alkanes of at least 4 members (excludes halogenated alkanes) is 17. The molecular weight excluding hydrogens is 636 g/mol. The maximum atomic E-state index is 12.4. The van der Waals surface area contributed by atoms with E-state index in [-0.39, 0.29) is 12.6 Å². The van der Waals surface area contributed by atoms with E-state index in [0.29, 0.717) is 32.8 Å². The molecule has 1 amide bonds. The van der Waals surface area contributed by atoms with Crippen molar-refractivity contribution in [3.63, 3.8) is 0 Å². The molecule has 0 saturated heterocycles. The molecule has 0 aromatic carbocycles. The molecule has 0 aromatic rings. The lowest BCUT2D eigenvalue weighted by Crippen LogP contribution is -2.43. The van der Waals surface area contributed by atoms with Gasteiger partial charge in [-0.2, -0.15) is 0 Å². The summed E-state index contributed by atoms with van der Waals surface area (Å²) >= 11 is 0. The number of alkyl carbamates (subject to hydrolysis) is 1. The highest BCUT2D eigenvalue weighted by Crippen LogP contribution is 2.11. The van der Waals surface area contributed by atoms with E-state index in [0.717, 1.165) is 64.2 Å². The SMILES string of the molecule is CC/C=C\C/C=C\C/C=C\CCCCCCCCOCC(COC(=O)CCCCCCC/C=C\CCCCCCCC)NC(=O)OCCN(C)C. The van der Waals surface area contributed by atoms with Gasteiger partial charge in [0.15, 0.2) is 0 Å². The van der Waals surface area contributed by atoms with Gasteiger partial charge in [-0.1, -0.05) is 140 Å². The number of allylic oxidation sites excluding steroid dienone is 8. The summed E-state index contributed by atoms with van der Waals surface area (Å²) in [6.07, 6.45) is 45.3. The second-order valence-electron chi connectivity index (χ2n) is 14.1. The van der Waals surface area contributed by atoms with Crippen LogP contribution in [0.5, 0.6) is 0 Å². The number of hydrogen-bond donors (Lipinski definition) is 1. The van der Waals surface area contributed by atoms with Crippen LogP contribution in [0, 0.1) is 0 Å². The van der Waals surface area contributed by atoms with Crippen molar-refractivity contribution >= 4 is 12.1 Å². The van der Waals surface area contributed by atoms with E-state index in [9.17, 15) is 9.59 Å². The van der Waals surface area contributed by atoms with Gasteiger partial charge in [-0.05, 0) is 84.7 Å². The highest BCUT2D eigenvalue weighted by molar-refractivity contribution is 5.69. The van der Waals surface area contributed by atoms with Gasteiger partial charge in [0, 0.05) is 19.6 Å². The van der Waals surface area contributed by atoms with Gasteiger partial charge in [-0.25, -0.2) is 4.79 Å². The number of nitrogens with one attached hydrogen (secondary N) is 1. The fraction of sp³-hybridized carbons (Fsp3) is 0.773. The standard InChI is InChI=1S/C44H80N2O5/c1-5-7-9-11-13-15-17-19-21-23-25-27-29-31-33-35-38-49-40-42(45-44(48)50-39-37-46(3)4)41-51-43(47)36-34-32-30-28-26-24-22-20-18-16-14-12-10-8-6-2/h7,9,13,15,19-22,42H,5-6,8,10-12,14,16-18,23-41H2,1-4H3,(H,45,48)/b9-7-,15-13-,21-19-,22-20-. The minimum absolute atomic E-state index is 0.0910. The predicted molar refractivity (Wildman–Crippen MR) is 217 cm³/mol. The molecule has 0 fully saturated rings. The van der Waals surface area contributed by atoms with Gasteiger partial charge in [0.2, 0.25) is 0 Å². The largest absolute Gasteiger partial charge is 0.463 e. The molecule has 1 atom stereocenters. The molecule has 7 nitrogen and oxygen atoms in total. The molecule has 0 saturated carbocycles. The average Bonchev–Trinajstić information content (AvgIpc) is 3.11. The van der Waals surface area contributed by atoms with E-state index in [2.05, 4.69) is 67.8 Å². The topological polar surface area (TPSA) is 77.1 Å². The number of carbonyl (C=O) groups is 2. The number of ether oxygens (including phenoxy) is 3. The van der Waals surface area contributed by atoms with Gasteiger partial charge in [-0.15, -0.1) is 0 Å². The first-order valence-corrected chi connectivity index (χ1v) is 20.9. The first kappa shape index (κ1) is 48.6. The number of rotatable bonds is 37. The molecule has 0 aliphatic heterocycles. The highest BCUT2D eigenvalue weighted by Gasteiger charge is 2.16. The average molecular weight is 717 g/mol. The minimum atomic E-state index is -0.509. The fourth-order valence-electron chi connectivity index (χ4n) is 5.49. The van der Waals surface area contributed by atoms with Crippen LogP contribution in [0.15, 0.2) is 48.6 Å². The summed E-state index contributed by atoms with van der Waals surface area (Å²) < 4.78 is 16.7. The summed E-state index contributed by atoms with van der Waals surface area (Å²) in [5.74, 6) is -0.219. The van der Waals surface area contributed by atoms with E-state index >= 15 is 0 Å². The Hall–Kier alpha value is -2.38. The fourth-order valence-corrected chi connectivity index (χ4v) is 5.49. The number of hydrogen-bond acceptors (Lipinski definition) is 6. The zero-order valence-corrected chi connectivity index (χ0v) is 33.7. The first-order valence-electron chi connectivity index (χ1n) is 20.9. The van der Waals surface area contributed by atoms with Crippen molar-refractivity contribution in [2.45, 2.75) is 174 Å². The molecule has 51 heavy (non-hydrogen) atoms. The molecule has 0 bridgehead atoms. The van der Waals surface area contributed by atoms with E-state index in [4.69, 9.17) is 14.2 Å². The van der Waals surface area contributed by atoms with E-state index in [1.54, 1.807) is 0 Å². The summed E-state index contributed by atoms with van der Waals surface area (Å²) in [4.78, 5) is 26.7. The Morgan fingerprint density at radius 3 is 1.67 bits per heavy atom. The molecule has 0 aliphatic carbocycles. The molecule has 0 heterocycles. The molecule has 1 N–H and O–H groups in total. The Kier molecular flexibility index (Phi) is 38.5. The van der Waals surface area contributed by atoms with E-state index in [1.807, 2.05) is 19.0 Å². The molecule has 0 radical (unpaired) electrons. The number of carbonyl (C=O) groups excluding carboxylic acids is 2. The Morgan fingerprint density at radius 2 is 1.08 bits per heavy atom. The molecular formula is C44H80N2O5. The normalized spacial score (nSPS) is 12.6. The third-order valence-electron chi connectivity index (χ3n) is 8.69. The summed E-state index contributed by atoms with van der Waals surface area (Å²) in [6, 6.07) is -0.434. The third kappa shape index (κ3) is 40.3. The Balaban J connectivity index is 4.06. The summed E-state index contributed by atoms with van der Waals surface area (Å²) in [5, 5.41) is 2.83. The van der Waals surface area contributed by atoms with Crippen LogP contribution in [0.3, 0.4) is 0 Å². The molecule has 0 spiro atoms. The zero-order chi connectivity index (χ0) is 37.3. The first-order chi connectivity index (χ1) is 25.0. The van der Waals surface area contributed by atoms with Crippen molar-refractivity contribution in [2.75, 3.05) is 47.1 Å². The number of esters is 1. The Bertz CT molecular complexity index is 883. The lowest BCUT2D eigenvalue weighted by molar-refractivity contribution is -0.145. The monoisotopic (exact) mass is 717 g/mol. The molecule has 1 unspecified atom stereocenters. The van der Waals surface area contributed by atoms with E-state index < -0.39 is 12.1 Å². The van der Waals surface area contributed by atoms with Crippen LogP contribution in [0.25, 0.3) is 0 Å². The summed E-state index contributed by atoms with van der Waals surface area (Å²) in [7, 11) is 3.86. The lowest BCUT2D eigenvalue weighted by atomic mass is 10.1. The quantitative estimate of drug-likeness (QED) is 0.0392. The van der Waals surface area contributed by atoms with Crippen molar-refractivity contribution in [1.29, 1.82) is 0 Å². The van der Waals surface area contributed by atoms with Crippen LogP contribution in [0.2, 0.25) is 0 Å². The second kappa shape index (κ2) is 40.4. The van der Waals surface area contributed by atoms with Gasteiger partial charge in [0.05, 0.1) is 12.6 Å². The van der Waals surface area contributed by atoms with Crippen LogP contribution in [0.4, 0.5) is 4.79 Å². The van der Waals surface area contributed by atoms with E-state index in [1.165, 1.54) is 83.5 Å². The predicted octanol–water partition coefficient (Wildman–Crippen LogP) is 11.8. The van der Waals surface area contributed by atoms with Crippen molar-refractivity contribution in [2.24, 2.45) is 0 Å². The van der Waals surface area contributed by atoms with Crippen LogP contribution in [-0.2, 0) is 19.0 Å². The molecule has 0 rings (SSSR count). The maximum absolute atomic E-state index is 12.4. The van der Waals surface area contributed by atoms with Gasteiger partial charge in [0.1, 0.15) is 13.2 Å². The maximum Gasteiger partial charge on any atom is 0.407 e. The van der Waals surface area contributed by atoms with Gasteiger partial charge in [-0.3, -0.25) is 4.79 Å². The van der Waals surface area contributed by atoms with Crippen molar-refractivity contribution in [3.8, 4) is 0 Å². The van der Waals surface area contributed by atoms with Crippen LogP contribution in [-0.4, -0.2) is 70.1 Å². The second-order valence-corrected chi connectivity index (χ2v) is 14.1. The van der Waals surface area contributed by atoms with Crippen molar-refractivity contribution in [3.05, 3.63) is 48.6 Å². The number of likely N-dealkylation sites (N-methyl/N-ethyl adjacent to an activating group) is 1. The zero-order valence-electron chi connectivity index (χ0n) is 33.7. The van der Waals surface area contributed by atoms with Gasteiger partial charge >= 0.3 is 12.1 Å². The smallest absolute Gasteiger partial charge is 0.407 e. The number of amides is 1. The molecule has 296 valence electrons. The van der Waals surface area contributed by atoms with Gasteiger partial charge in [0.25, 0.3) is 0 Å². The summed E-state index contributed by atoms with van der Waals surface area (Å²) in [6.45, 7) is 6.37.